The van der Waals surface area contributed by atoms with Crippen molar-refractivity contribution in [3.8, 4) is 0 Å². The zero-order chi connectivity index (χ0) is 13.0. The zero-order valence-corrected chi connectivity index (χ0v) is 11.8. The van der Waals surface area contributed by atoms with Crippen molar-refractivity contribution in [1.29, 1.82) is 0 Å². The van der Waals surface area contributed by atoms with Crippen LogP contribution in [-0.4, -0.2) is 38.4 Å². The van der Waals surface area contributed by atoms with Gasteiger partial charge in [-0.25, -0.2) is 0 Å². The Morgan fingerprint density at radius 3 is 2.94 bits per heavy atom. The fourth-order valence-electron chi connectivity index (χ4n) is 1.94. The van der Waals surface area contributed by atoms with Gasteiger partial charge in [0.25, 0.3) is 5.91 Å². The van der Waals surface area contributed by atoms with Gasteiger partial charge in [-0.1, -0.05) is 12.1 Å². The summed E-state index contributed by atoms with van der Waals surface area (Å²) in [6.07, 6.45) is 0.805. The number of hydrogen-bond acceptors (Lipinski definition) is 3. The van der Waals surface area contributed by atoms with Crippen molar-refractivity contribution in [3.05, 3.63) is 34.3 Å². The van der Waals surface area contributed by atoms with Gasteiger partial charge in [-0.3, -0.25) is 4.79 Å². The normalized spacial score (nSPS) is 23.0. The van der Waals surface area contributed by atoms with E-state index in [9.17, 15) is 4.79 Å². The maximum absolute atomic E-state index is 12.0. The summed E-state index contributed by atoms with van der Waals surface area (Å²) >= 11 is 3.36. The minimum Gasteiger partial charge on any atom is -0.378 e. The summed E-state index contributed by atoms with van der Waals surface area (Å²) in [6.45, 7) is 1.67. The molecular formula is C13H16BrNO3. The van der Waals surface area contributed by atoms with Crippen LogP contribution in [0.3, 0.4) is 0 Å². The molecule has 1 heterocycles. The Hall–Kier alpha value is -0.910. The van der Waals surface area contributed by atoms with E-state index in [1.807, 2.05) is 18.2 Å². The lowest BCUT2D eigenvalue weighted by molar-refractivity contribution is -0.0148. The van der Waals surface area contributed by atoms with Crippen molar-refractivity contribution in [1.82, 2.24) is 5.32 Å². The molecule has 1 fully saturated rings. The van der Waals surface area contributed by atoms with E-state index in [0.717, 1.165) is 10.9 Å². The average molecular weight is 314 g/mol. The predicted molar refractivity (Wildman–Crippen MR) is 71.7 cm³/mol. The summed E-state index contributed by atoms with van der Waals surface area (Å²) in [5, 5.41) is 2.90. The highest BCUT2D eigenvalue weighted by atomic mass is 79.9. The van der Waals surface area contributed by atoms with Gasteiger partial charge in [-0.15, -0.1) is 0 Å². The van der Waals surface area contributed by atoms with E-state index >= 15 is 0 Å². The van der Waals surface area contributed by atoms with Gasteiger partial charge in [0, 0.05) is 31.2 Å². The summed E-state index contributed by atoms with van der Waals surface area (Å²) in [5.41, 5.74) is 0.249. The van der Waals surface area contributed by atoms with Crippen molar-refractivity contribution >= 4 is 21.8 Å². The molecular weight excluding hydrogens is 298 g/mol. The molecule has 4 nitrogen and oxygen atoms in total. The molecule has 1 aromatic rings. The van der Waals surface area contributed by atoms with Crippen LogP contribution in [0.5, 0.6) is 0 Å². The van der Waals surface area contributed by atoms with Gasteiger partial charge in [0.05, 0.1) is 12.2 Å². The monoisotopic (exact) mass is 313 g/mol. The zero-order valence-electron chi connectivity index (χ0n) is 10.2. The van der Waals surface area contributed by atoms with Crippen molar-refractivity contribution in [2.24, 2.45) is 0 Å². The number of methoxy groups -OCH3 is 1. The third-order valence-electron chi connectivity index (χ3n) is 3.19. The predicted octanol–water partition coefficient (Wildman–Crippen LogP) is 1.98. The molecule has 1 N–H and O–H groups in total. The minimum absolute atomic E-state index is 0.106. The standard InChI is InChI=1S/C13H16BrNO3/c1-17-13(6-7-18-9-13)8-15-12(16)10-4-2-3-5-11(10)14/h2-5H,6-9H2,1H3,(H,15,16). The second kappa shape index (κ2) is 5.82. The highest BCUT2D eigenvalue weighted by Crippen LogP contribution is 2.22. The molecule has 2 rings (SSSR count). The van der Waals surface area contributed by atoms with E-state index in [-0.39, 0.29) is 11.5 Å². The average Bonchev–Trinajstić information content (AvgIpc) is 2.86. The first kappa shape index (κ1) is 13.5. The molecule has 98 valence electrons. The molecule has 0 aromatic heterocycles. The fraction of sp³-hybridized carbons (Fsp3) is 0.462. The molecule has 1 amide bonds. The summed E-state index contributed by atoms with van der Waals surface area (Å²) in [4.78, 5) is 12.0. The lowest BCUT2D eigenvalue weighted by Crippen LogP contribution is -2.45. The first-order chi connectivity index (χ1) is 8.67. The number of hydrogen-bond donors (Lipinski definition) is 1. The molecule has 1 aliphatic rings. The molecule has 1 aromatic carbocycles. The van der Waals surface area contributed by atoms with Gasteiger partial charge in [0.15, 0.2) is 0 Å². The molecule has 1 unspecified atom stereocenters. The fourth-order valence-corrected chi connectivity index (χ4v) is 2.41. The Labute approximate surface area is 115 Å². The van der Waals surface area contributed by atoms with E-state index in [4.69, 9.17) is 9.47 Å². The quantitative estimate of drug-likeness (QED) is 0.924. The number of carbonyl (C=O) groups is 1. The molecule has 0 radical (unpaired) electrons. The summed E-state index contributed by atoms with van der Waals surface area (Å²) in [6, 6.07) is 7.34. The van der Waals surface area contributed by atoms with E-state index in [0.29, 0.717) is 25.3 Å². The van der Waals surface area contributed by atoms with Gasteiger partial charge in [0.2, 0.25) is 0 Å². The van der Waals surface area contributed by atoms with Crippen LogP contribution in [0.4, 0.5) is 0 Å². The molecule has 0 aliphatic carbocycles. The van der Waals surface area contributed by atoms with Crippen LogP contribution in [0.2, 0.25) is 0 Å². The molecule has 1 atom stereocenters. The number of halogens is 1. The SMILES string of the molecule is COC1(CNC(=O)c2ccccc2Br)CCOC1. The Bertz CT molecular complexity index is 430. The van der Waals surface area contributed by atoms with Crippen molar-refractivity contribution in [2.75, 3.05) is 26.9 Å². The number of nitrogens with one attached hydrogen (secondary N) is 1. The number of benzene rings is 1. The van der Waals surface area contributed by atoms with Gasteiger partial charge < -0.3 is 14.8 Å². The third kappa shape index (κ3) is 2.91. The van der Waals surface area contributed by atoms with Crippen LogP contribution in [0.15, 0.2) is 28.7 Å². The summed E-state index contributed by atoms with van der Waals surface area (Å²) < 4.78 is 11.6. The smallest absolute Gasteiger partial charge is 0.252 e. The van der Waals surface area contributed by atoms with Crippen LogP contribution < -0.4 is 5.32 Å². The van der Waals surface area contributed by atoms with Crippen LogP contribution in [0.1, 0.15) is 16.8 Å². The summed E-state index contributed by atoms with van der Waals surface area (Å²) in [7, 11) is 1.65. The molecule has 0 bridgehead atoms. The number of ether oxygens (including phenoxy) is 2. The first-order valence-electron chi connectivity index (χ1n) is 5.82. The Balaban J connectivity index is 1.98. The molecule has 5 heteroatoms. The van der Waals surface area contributed by atoms with E-state index in [1.54, 1.807) is 13.2 Å². The van der Waals surface area contributed by atoms with E-state index in [1.165, 1.54) is 0 Å². The lowest BCUT2D eigenvalue weighted by Gasteiger charge is -2.25. The highest BCUT2D eigenvalue weighted by molar-refractivity contribution is 9.10. The Kier molecular flexibility index (Phi) is 4.37. The van der Waals surface area contributed by atoms with E-state index < -0.39 is 0 Å². The van der Waals surface area contributed by atoms with Gasteiger partial charge in [-0.2, -0.15) is 0 Å². The molecule has 0 saturated carbocycles. The van der Waals surface area contributed by atoms with Crippen molar-refractivity contribution in [3.63, 3.8) is 0 Å². The van der Waals surface area contributed by atoms with E-state index in [2.05, 4.69) is 21.2 Å². The lowest BCUT2D eigenvalue weighted by atomic mass is 10.0. The van der Waals surface area contributed by atoms with Crippen LogP contribution in [0.25, 0.3) is 0 Å². The van der Waals surface area contributed by atoms with Gasteiger partial charge >= 0.3 is 0 Å². The van der Waals surface area contributed by atoms with Crippen LogP contribution in [-0.2, 0) is 9.47 Å². The maximum Gasteiger partial charge on any atom is 0.252 e. The number of rotatable bonds is 4. The van der Waals surface area contributed by atoms with Crippen LogP contribution in [0, 0.1) is 0 Å². The number of carbonyl (C=O) groups excluding carboxylic acids is 1. The van der Waals surface area contributed by atoms with Crippen molar-refractivity contribution < 1.29 is 14.3 Å². The topological polar surface area (TPSA) is 47.6 Å². The third-order valence-corrected chi connectivity index (χ3v) is 3.88. The summed E-state index contributed by atoms with van der Waals surface area (Å²) in [5.74, 6) is -0.106. The second-order valence-electron chi connectivity index (χ2n) is 4.35. The van der Waals surface area contributed by atoms with Crippen molar-refractivity contribution in [2.45, 2.75) is 12.0 Å². The molecule has 18 heavy (non-hydrogen) atoms. The maximum atomic E-state index is 12.0. The van der Waals surface area contributed by atoms with Gasteiger partial charge in [0.1, 0.15) is 5.60 Å². The first-order valence-corrected chi connectivity index (χ1v) is 6.62. The molecule has 1 saturated heterocycles. The Morgan fingerprint density at radius 1 is 1.56 bits per heavy atom. The van der Waals surface area contributed by atoms with Gasteiger partial charge in [-0.05, 0) is 28.1 Å². The Morgan fingerprint density at radius 2 is 2.33 bits per heavy atom. The number of amides is 1. The largest absolute Gasteiger partial charge is 0.378 e. The minimum atomic E-state index is -0.378. The van der Waals surface area contributed by atoms with Crippen LogP contribution >= 0.6 is 15.9 Å². The molecule has 1 aliphatic heterocycles. The molecule has 0 spiro atoms. The second-order valence-corrected chi connectivity index (χ2v) is 5.21. The highest BCUT2D eigenvalue weighted by Gasteiger charge is 2.35.